The number of carbonyl (C=O) groups excluding carboxylic acids is 4. The predicted octanol–water partition coefficient (Wildman–Crippen LogP) is 2.60. The first-order valence-electron chi connectivity index (χ1n) is 12.8. The van der Waals surface area contributed by atoms with Gasteiger partial charge in [-0.25, -0.2) is 4.39 Å². The second-order valence-electron chi connectivity index (χ2n) is 9.97. The number of amides is 3. The minimum atomic E-state index is -1.26. The summed E-state index contributed by atoms with van der Waals surface area (Å²) in [6.07, 6.45) is 0.0679. The number of aromatic hydroxyl groups is 1. The molecule has 3 atom stereocenters. The number of primary amides is 1. The van der Waals surface area contributed by atoms with Crippen molar-refractivity contribution in [1.82, 2.24) is 9.80 Å². The van der Waals surface area contributed by atoms with Gasteiger partial charge >= 0.3 is 5.97 Å². The van der Waals surface area contributed by atoms with Gasteiger partial charge in [0.15, 0.2) is 0 Å². The molecule has 3 N–H and O–H groups in total. The Morgan fingerprint density at radius 1 is 0.949 bits per heavy atom. The van der Waals surface area contributed by atoms with Gasteiger partial charge < -0.3 is 25.4 Å². The molecule has 0 saturated carbocycles. The number of esters is 1. The number of rotatable bonds is 12. The summed E-state index contributed by atoms with van der Waals surface area (Å²) in [6.45, 7) is 6.90. The van der Waals surface area contributed by atoms with Crippen LogP contribution in [0.25, 0.3) is 0 Å². The molecule has 2 aromatic carbocycles. The highest BCUT2D eigenvalue weighted by molar-refractivity contribution is 6.00. The molecule has 2 rings (SSSR count). The van der Waals surface area contributed by atoms with Crippen LogP contribution in [-0.4, -0.2) is 71.4 Å². The number of phenolic OH excluding ortho intramolecular Hbond substituents is 1. The minimum Gasteiger partial charge on any atom is -0.508 e. The Morgan fingerprint density at radius 3 is 2.05 bits per heavy atom. The van der Waals surface area contributed by atoms with Gasteiger partial charge in [-0.05, 0) is 61.1 Å². The normalized spacial score (nSPS) is 13.3. The Labute approximate surface area is 228 Å². The molecule has 0 aliphatic rings. The van der Waals surface area contributed by atoms with Crippen LogP contribution in [0.2, 0.25) is 0 Å². The Morgan fingerprint density at radius 2 is 1.54 bits per heavy atom. The van der Waals surface area contributed by atoms with E-state index in [9.17, 15) is 28.7 Å². The number of halogens is 1. The molecule has 0 spiro atoms. The van der Waals surface area contributed by atoms with Crippen LogP contribution >= 0.6 is 0 Å². The van der Waals surface area contributed by atoms with Gasteiger partial charge in [-0.3, -0.25) is 19.2 Å². The van der Waals surface area contributed by atoms with Crippen molar-refractivity contribution in [3.8, 4) is 5.75 Å². The highest BCUT2D eigenvalue weighted by Gasteiger charge is 2.40. The second kappa shape index (κ2) is 13.7. The standard InChI is InChI=1S/C29H38FN3O6/c1-7-39-29(38)22(15-19-8-11-21(30)12-9-19)27(36)33(6)25(17(2)3)28(37)32(5)23(26(31)35)16-20-10-13-24(34)18(4)14-20/h8-14,17,22-23,25,34H,7,15-16H2,1-6H3,(H2,31,35)/t22-,23+,25+/m1/s1. The number of phenols is 1. The number of carbonyl (C=O) groups is 4. The lowest BCUT2D eigenvalue weighted by Gasteiger charge is -2.37. The molecule has 0 unspecified atom stereocenters. The Kier molecular flexibility index (Phi) is 11.0. The molecule has 0 aliphatic carbocycles. The first-order chi connectivity index (χ1) is 18.3. The lowest BCUT2D eigenvalue weighted by atomic mass is 9.94. The van der Waals surface area contributed by atoms with Crippen LogP contribution < -0.4 is 5.73 Å². The summed E-state index contributed by atoms with van der Waals surface area (Å²) in [4.78, 5) is 55.0. The summed E-state index contributed by atoms with van der Waals surface area (Å²) >= 11 is 0. The molecule has 0 radical (unpaired) electrons. The van der Waals surface area contributed by atoms with E-state index in [1.807, 2.05) is 0 Å². The van der Waals surface area contributed by atoms with Gasteiger partial charge in [0, 0.05) is 20.5 Å². The number of aryl methyl sites for hydroxylation is 1. The Balaban J connectivity index is 2.34. The van der Waals surface area contributed by atoms with Crippen molar-refractivity contribution >= 4 is 23.7 Å². The van der Waals surface area contributed by atoms with E-state index >= 15 is 0 Å². The smallest absolute Gasteiger partial charge is 0.318 e. The molecule has 0 heterocycles. The lowest BCUT2D eigenvalue weighted by molar-refractivity contribution is -0.159. The summed E-state index contributed by atoms with van der Waals surface area (Å²) in [5.74, 6) is -4.62. The van der Waals surface area contributed by atoms with Crippen molar-refractivity contribution < 1.29 is 33.4 Å². The van der Waals surface area contributed by atoms with E-state index in [-0.39, 0.29) is 31.1 Å². The molecular weight excluding hydrogens is 505 g/mol. The Bertz CT molecular complexity index is 1180. The molecule has 39 heavy (non-hydrogen) atoms. The quantitative estimate of drug-likeness (QED) is 0.313. The van der Waals surface area contributed by atoms with Crippen LogP contribution in [0.5, 0.6) is 5.75 Å². The number of ether oxygens (including phenoxy) is 1. The van der Waals surface area contributed by atoms with Gasteiger partial charge in [0.1, 0.15) is 29.6 Å². The van der Waals surface area contributed by atoms with Crippen LogP contribution in [0.3, 0.4) is 0 Å². The molecule has 2 aromatic rings. The largest absolute Gasteiger partial charge is 0.508 e. The number of nitrogens with zero attached hydrogens (tertiary/aromatic N) is 2. The number of benzene rings is 2. The van der Waals surface area contributed by atoms with E-state index in [1.54, 1.807) is 39.8 Å². The molecular formula is C29H38FN3O6. The summed E-state index contributed by atoms with van der Waals surface area (Å²) < 4.78 is 18.5. The van der Waals surface area contributed by atoms with Gasteiger partial charge in [0.25, 0.3) is 0 Å². The van der Waals surface area contributed by atoms with Gasteiger partial charge in [0.05, 0.1) is 6.61 Å². The highest BCUT2D eigenvalue weighted by Crippen LogP contribution is 2.22. The van der Waals surface area contributed by atoms with E-state index in [2.05, 4.69) is 0 Å². The first-order valence-corrected chi connectivity index (χ1v) is 12.8. The van der Waals surface area contributed by atoms with Crippen LogP contribution in [0, 0.1) is 24.6 Å². The fraction of sp³-hybridized carbons (Fsp3) is 0.448. The monoisotopic (exact) mass is 543 g/mol. The SMILES string of the molecule is CCOC(=O)[C@H](Cc1ccc(F)cc1)C(=O)N(C)[C@H](C(=O)N(C)[C@@H](Cc1ccc(O)c(C)c1)C(N)=O)C(C)C. The van der Waals surface area contributed by atoms with Crippen molar-refractivity contribution in [2.45, 2.75) is 52.6 Å². The summed E-state index contributed by atoms with van der Waals surface area (Å²) in [6, 6.07) is 8.25. The van der Waals surface area contributed by atoms with E-state index in [4.69, 9.17) is 10.5 Å². The molecule has 0 aromatic heterocycles. The number of nitrogens with two attached hydrogens (primary N) is 1. The fourth-order valence-electron chi connectivity index (χ4n) is 4.51. The van der Waals surface area contributed by atoms with Crippen LogP contribution in [0.4, 0.5) is 4.39 Å². The van der Waals surface area contributed by atoms with Crippen LogP contribution in [-0.2, 0) is 36.8 Å². The second-order valence-corrected chi connectivity index (χ2v) is 9.97. The molecule has 9 nitrogen and oxygen atoms in total. The zero-order valence-electron chi connectivity index (χ0n) is 23.3. The number of hydrogen-bond acceptors (Lipinski definition) is 6. The number of hydrogen-bond donors (Lipinski definition) is 2. The number of likely N-dealkylation sites (N-methyl/N-ethyl adjacent to an activating group) is 2. The van der Waals surface area contributed by atoms with Crippen LogP contribution in [0.1, 0.15) is 37.5 Å². The molecule has 212 valence electrons. The van der Waals surface area contributed by atoms with Gasteiger partial charge in [-0.1, -0.05) is 38.1 Å². The summed E-state index contributed by atoms with van der Waals surface area (Å²) in [5, 5.41) is 9.81. The van der Waals surface area contributed by atoms with Crippen molar-refractivity contribution in [2.75, 3.05) is 20.7 Å². The van der Waals surface area contributed by atoms with E-state index in [0.29, 0.717) is 16.7 Å². The van der Waals surface area contributed by atoms with Gasteiger partial charge in [-0.2, -0.15) is 0 Å². The third-order valence-corrected chi connectivity index (χ3v) is 6.71. The zero-order chi connectivity index (χ0) is 29.4. The van der Waals surface area contributed by atoms with Crippen LogP contribution in [0.15, 0.2) is 42.5 Å². The molecule has 0 aliphatic heterocycles. The summed E-state index contributed by atoms with van der Waals surface area (Å²) in [7, 11) is 2.87. The fourth-order valence-corrected chi connectivity index (χ4v) is 4.51. The third kappa shape index (κ3) is 8.02. The van der Waals surface area contributed by atoms with Gasteiger partial charge in [-0.15, -0.1) is 0 Å². The maximum atomic E-state index is 13.7. The van der Waals surface area contributed by atoms with Crippen molar-refractivity contribution in [1.29, 1.82) is 0 Å². The topological polar surface area (TPSA) is 130 Å². The minimum absolute atomic E-state index is 0.0404. The molecule has 0 bridgehead atoms. The highest BCUT2D eigenvalue weighted by atomic mass is 19.1. The maximum Gasteiger partial charge on any atom is 0.318 e. The van der Waals surface area contributed by atoms with E-state index in [0.717, 1.165) is 0 Å². The third-order valence-electron chi connectivity index (χ3n) is 6.71. The lowest BCUT2D eigenvalue weighted by Crippen LogP contribution is -2.57. The van der Waals surface area contributed by atoms with E-state index < -0.39 is 47.5 Å². The van der Waals surface area contributed by atoms with Crippen molar-refractivity contribution in [3.05, 3.63) is 65.0 Å². The zero-order valence-corrected chi connectivity index (χ0v) is 23.3. The van der Waals surface area contributed by atoms with Crippen molar-refractivity contribution in [3.63, 3.8) is 0 Å². The summed E-state index contributed by atoms with van der Waals surface area (Å²) in [5.41, 5.74) is 7.53. The van der Waals surface area contributed by atoms with E-state index in [1.165, 1.54) is 54.2 Å². The average molecular weight is 544 g/mol. The average Bonchev–Trinajstić information content (AvgIpc) is 2.87. The molecule has 3 amide bonds. The predicted molar refractivity (Wildman–Crippen MR) is 144 cm³/mol. The molecule has 0 fully saturated rings. The van der Waals surface area contributed by atoms with Crippen molar-refractivity contribution in [2.24, 2.45) is 17.6 Å². The molecule has 10 heteroatoms. The molecule has 0 saturated heterocycles. The van der Waals surface area contributed by atoms with Gasteiger partial charge in [0.2, 0.25) is 17.7 Å². The Hall–Kier alpha value is -3.95. The first kappa shape index (κ1) is 31.3. The maximum absolute atomic E-state index is 13.7.